The number of aromatic nitrogens is 2. The Morgan fingerprint density at radius 1 is 1.10 bits per heavy atom. The van der Waals surface area contributed by atoms with Gasteiger partial charge >= 0.3 is 0 Å². The topological polar surface area (TPSA) is 47.0 Å². The predicted molar refractivity (Wildman–Crippen MR) is 80.5 cm³/mol. The Morgan fingerprint density at radius 3 is 2.71 bits per heavy atom. The number of fused-ring (bicyclic) bond motifs is 1. The van der Waals surface area contributed by atoms with Crippen molar-refractivity contribution < 1.29 is 9.13 Å². The van der Waals surface area contributed by atoms with Gasteiger partial charge in [-0.3, -0.25) is 0 Å². The van der Waals surface area contributed by atoms with Crippen molar-refractivity contribution in [3.8, 4) is 5.75 Å². The molecule has 0 unspecified atom stereocenters. The van der Waals surface area contributed by atoms with E-state index in [0.29, 0.717) is 17.3 Å². The van der Waals surface area contributed by atoms with Crippen LogP contribution in [0.3, 0.4) is 0 Å². The number of halogens is 1. The molecule has 0 fully saturated rings. The highest BCUT2D eigenvalue weighted by Gasteiger charge is 2.08. The van der Waals surface area contributed by atoms with Gasteiger partial charge in [-0.05, 0) is 42.8 Å². The first kappa shape index (κ1) is 13.3. The zero-order valence-electron chi connectivity index (χ0n) is 11.7. The molecule has 0 saturated carbocycles. The molecule has 0 saturated heterocycles. The number of nitrogens with one attached hydrogen (secondary N) is 1. The van der Waals surface area contributed by atoms with Crippen molar-refractivity contribution >= 4 is 22.4 Å². The molecule has 5 heteroatoms. The fourth-order valence-electron chi connectivity index (χ4n) is 2.11. The first-order valence-corrected chi connectivity index (χ1v) is 6.49. The van der Waals surface area contributed by atoms with Crippen LogP contribution in [0.2, 0.25) is 0 Å². The van der Waals surface area contributed by atoms with E-state index in [1.165, 1.54) is 12.4 Å². The summed E-state index contributed by atoms with van der Waals surface area (Å²) in [6.45, 7) is 1.85. The maximum Gasteiger partial charge on any atom is 0.146 e. The highest BCUT2D eigenvalue weighted by molar-refractivity contribution is 5.91. The maximum absolute atomic E-state index is 14.0. The van der Waals surface area contributed by atoms with Crippen LogP contribution >= 0.6 is 0 Å². The molecule has 1 aromatic heterocycles. The summed E-state index contributed by atoms with van der Waals surface area (Å²) in [7, 11) is 1.59. The van der Waals surface area contributed by atoms with Gasteiger partial charge in [-0.1, -0.05) is 6.07 Å². The van der Waals surface area contributed by atoms with E-state index in [4.69, 9.17) is 4.74 Å². The van der Waals surface area contributed by atoms with Gasteiger partial charge in [0.25, 0.3) is 0 Å². The summed E-state index contributed by atoms with van der Waals surface area (Å²) in [4.78, 5) is 8.39. The van der Waals surface area contributed by atoms with Crippen molar-refractivity contribution in [1.29, 1.82) is 0 Å². The number of hydrogen-bond acceptors (Lipinski definition) is 4. The highest BCUT2D eigenvalue weighted by Crippen LogP contribution is 2.27. The van der Waals surface area contributed by atoms with E-state index in [9.17, 15) is 4.39 Å². The van der Waals surface area contributed by atoms with Crippen LogP contribution in [0.4, 0.5) is 15.9 Å². The quantitative estimate of drug-likeness (QED) is 0.793. The van der Waals surface area contributed by atoms with E-state index in [2.05, 4.69) is 15.3 Å². The van der Waals surface area contributed by atoms with Crippen molar-refractivity contribution in [1.82, 2.24) is 9.97 Å². The van der Waals surface area contributed by atoms with Gasteiger partial charge in [-0.2, -0.15) is 0 Å². The van der Waals surface area contributed by atoms with Crippen LogP contribution in [0.25, 0.3) is 10.9 Å². The van der Waals surface area contributed by atoms with E-state index in [1.807, 2.05) is 31.2 Å². The van der Waals surface area contributed by atoms with Crippen LogP contribution in [-0.4, -0.2) is 17.1 Å². The third-order valence-electron chi connectivity index (χ3n) is 3.22. The van der Waals surface area contributed by atoms with Crippen molar-refractivity contribution in [3.05, 3.63) is 54.1 Å². The Labute approximate surface area is 121 Å². The normalized spacial score (nSPS) is 10.6. The Morgan fingerprint density at radius 2 is 1.95 bits per heavy atom. The molecule has 3 aromatic rings. The standard InChI is InChI=1S/C16H14FN3O/c1-10-3-5-15(13(17)7-10)20-16-12-8-11(21-2)4-6-14(12)18-9-19-16/h3-9H,1-2H3,(H,18,19,20). The average molecular weight is 283 g/mol. The van der Waals surface area contributed by atoms with Crippen LogP contribution in [0.1, 0.15) is 5.56 Å². The third-order valence-corrected chi connectivity index (χ3v) is 3.22. The van der Waals surface area contributed by atoms with Gasteiger partial charge in [-0.25, -0.2) is 14.4 Å². The molecule has 2 aromatic carbocycles. The minimum atomic E-state index is -0.315. The molecule has 21 heavy (non-hydrogen) atoms. The number of aryl methyl sites for hydroxylation is 1. The van der Waals surface area contributed by atoms with E-state index < -0.39 is 0 Å². The van der Waals surface area contributed by atoms with Gasteiger partial charge in [0.2, 0.25) is 0 Å². The molecule has 106 valence electrons. The van der Waals surface area contributed by atoms with Gasteiger partial charge in [-0.15, -0.1) is 0 Å². The molecular formula is C16H14FN3O. The zero-order chi connectivity index (χ0) is 14.8. The molecular weight excluding hydrogens is 269 g/mol. The summed E-state index contributed by atoms with van der Waals surface area (Å²) < 4.78 is 19.2. The molecule has 0 aliphatic carbocycles. The summed E-state index contributed by atoms with van der Waals surface area (Å²) in [5.74, 6) is 0.927. The molecule has 0 atom stereocenters. The molecule has 4 nitrogen and oxygen atoms in total. The Balaban J connectivity index is 2.07. The monoisotopic (exact) mass is 283 g/mol. The van der Waals surface area contributed by atoms with Gasteiger partial charge in [0.05, 0.1) is 18.3 Å². The maximum atomic E-state index is 14.0. The molecule has 1 heterocycles. The van der Waals surface area contributed by atoms with Crippen LogP contribution in [0.15, 0.2) is 42.7 Å². The number of hydrogen-bond donors (Lipinski definition) is 1. The molecule has 0 radical (unpaired) electrons. The molecule has 3 rings (SSSR count). The summed E-state index contributed by atoms with van der Waals surface area (Å²) in [5.41, 5.74) is 2.01. The second-order valence-corrected chi connectivity index (χ2v) is 4.71. The van der Waals surface area contributed by atoms with Crippen LogP contribution in [-0.2, 0) is 0 Å². The highest BCUT2D eigenvalue weighted by atomic mass is 19.1. The average Bonchev–Trinajstić information content (AvgIpc) is 2.50. The smallest absolute Gasteiger partial charge is 0.146 e. The van der Waals surface area contributed by atoms with Crippen LogP contribution < -0.4 is 10.1 Å². The lowest BCUT2D eigenvalue weighted by Crippen LogP contribution is -1.98. The predicted octanol–water partition coefficient (Wildman–Crippen LogP) is 3.83. The largest absolute Gasteiger partial charge is 0.497 e. The minimum absolute atomic E-state index is 0.315. The van der Waals surface area contributed by atoms with Crippen molar-refractivity contribution in [2.75, 3.05) is 12.4 Å². The number of benzene rings is 2. The third kappa shape index (κ3) is 2.63. The molecule has 0 aliphatic heterocycles. The fourth-order valence-corrected chi connectivity index (χ4v) is 2.11. The minimum Gasteiger partial charge on any atom is -0.497 e. The zero-order valence-corrected chi connectivity index (χ0v) is 11.7. The van der Waals surface area contributed by atoms with E-state index in [-0.39, 0.29) is 5.82 Å². The Bertz CT molecular complexity index is 805. The fraction of sp³-hybridized carbons (Fsp3) is 0.125. The summed E-state index contributed by atoms with van der Waals surface area (Å²) >= 11 is 0. The van der Waals surface area contributed by atoms with Gasteiger partial charge in [0.1, 0.15) is 23.7 Å². The number of ether oxygens (including phenoxy) is 1. The first-order chi connectivity index (χ1) is 10.2. The molecule has 0 bridgehead atoms. The van der Waals surface area contributed by atoms with Gasteiger partial charge in [0, 0.05) is 5.39 Å². The lowest BCUT2D eigenvalue weighted by Gasteiger charge is -2.10. The summed E-state index contributed by atoms with van der Waals surface area (Å²) in [6.07, 6.45) is 1.45. The molecule has 0 amide bonds. The second-order valence-electron chi connectivity index (χ2n) is 4.71. The molecule has 0 aliphatic rings. The number of rotatable bonds is 3. The second kappa shape index (κ2) is 5.36. The number of anilines is 2. The van der Waals surface area contributed by atoms with Gasteiger partial charge in [0.15, 0.2) is 0 Å². The van der Waals surface area contributed by atoms with E-state index in [0.717, 1.165) is 16.5 Å². The Kier molecular flexibility index (Phi) is 3.39. The van der Waals surface area contributed by atoms with Crippen molar-refractivity contribution in [3.63, 3.8) is 0 Å². The van der Waals surface area contributed by atoms with Crippen molar-refractivity contribution in [2.45, 2.75) is 6.92 Å². The lowest BCUT2D eigenvalue weighted by molar-refractivity contribution is 0.415. The number of nitrogens with zero attached hydrogens (tertiary/aromatic N) is 2. The van der Waals surface area contributed by atoms with E-state index in [1.54, 1.807) is 13.2 Å². The first-order valence-electron chi connectivity index (χ1n) is 6.49. The lowest BCUT2D eigenvalue weighted by atomic mass is 10.2. The van der Waals surface area contributed by atoms with Crippen LogP contribution in [0.5, 0.6) is 5.75 Å². The SMILES string of the molecule is COc1ccc2ncnc(Nc3ccc(C)cc3F)c2c1. The van der Waals surface area contributed by atoms with Crippen molar-refractivity contribution in [2.24, 2.45) is 0 Å². The summed E-state index contributed by atoms with van der Waals surface area (Å²) in [5, 5.41) is 3.79. The van der Waals surface area contributed by atoms with Gasteiger partial charge < -0.3 is 10.1 Å². The van der Waals surface area contributed by atoms with E-state index >= 15 is 0 Å². The molecule has 0 spiro atoms. The molecule has 1 N–H and O–H groups in total. The van der Waals surface area contributed by atoms with Crippen LogP contribution in [0, 0.1) is 12.7 Å². The summed E-state index contributed by atoms with van der Waals surface area (Å²) in [6, 6.07) is 10.5. The Hall–Kier alpha value is -2.69. The number of methoxy groups -OCH3 is 1.